The third kappa shape index (κ3) is 8.57. The highest BCUT2D eigenvalue weighted by atomic mass is 35.5. The zero-order valence-corrected chi connectivity index (χ0v) is 20.9. The van der Waals surface area contributed by atoms with Crippen molar-refractivity contribution in [2.45, 2.75) is 12.7 Å². The molecule has 0 atom stereocenters. The molecule has 0 bridgehead atoms. The lowest BCUT2D eigenvalue weighted by Crippen LogP contribution is -2.25. The Kier molecular flexibility index (Phi) is 8.33. The first-order valence-electron chi connectivity index (χ1n) is 11.2. The Labute approximate surface area is 231 Å². The van der Waals surface area contributed by atoms with Crippen LogP contribution >= 0.6 is 11.6 Å². The number of benzene rings is 3. The molecule has 0 aliphatic heterocycles. The minimum Gasteiger partial charge on any atom is -0.619 e. The van der Waals surface area contributed by atoms with Crippen LogP contribution in [-0.4, -0.2) is 18.6 Å². The van der Waals surface area contributed by atoms with Gasteiger partial charge in [0, 0.05) is 12.1 Å². The quantitative estimate of drug-likeness (QED) is 0.127. The number of carbonyl (C=O) groups excluding carboxylic acids is 1. The molecule has 8 nitrogen and oxygen atoms in total. The average molecular weight is 601 g/mol. The maximum atomic E-state index is 13.1. The highest BCUT2D eigenvalue weighted by molar-refractivity contribution is 6.32. The monoisotopic (exact) mass is 600 g/mol. The molecule has 4 aromatic rings. The molecule has 41 heavy (non-hydrogen) atoms. The van der Waals surface area contributed by atoms with Crippen molar-refractivity contribution in [3.8, 4) is 34.5 Å². The predicted octanol–water partition coefficient (Wildman–Crippen LogP) is 7.61. The van der Waals surface area contributed by atoms with Gasteiger partial charge in [-0.2, -0.15) is 4.73 Å². The molecule has 4 rings (SSSR count). The van der Waals surface area contributed by atoms with Crippen LogP contribution in [0.5, 0.6) is 34.5 Å². The van der Waals surface area contributed by atoms with Crippen LogP contribution in [0.1, 0.15) is 10.4 Å². The Morgan fingerprint density at radius 3 is 1.73 bits per heavy atom. The molecule has 15 heteroatoms. The fraction of sp³-hybridized carbons (Fsp3) is 0.0769. The van der Waals surface area contributed by atoms with Crippen LogP contribution in [0, 0.1) is 5.21 Å². The summed E-state index contributed by atoms with van der Waals surface area (Å²) in [6.07, 6.45) is -7.52. The summed E-state index contributed by atoms with van der Waals surface area (Å²) in [5.41, 5.74) is -0.0297. The van der Waals surface area contributed by atoms with E-state index in [4.69, 9.17) is 21.1 Å². The molecule has 0 fully saturated rings. The Morgan fingerprint density at radius 2 is 1.24 bits per heavy atom. The van der Waals surface area contributed by atoms with Gasteiger partial charge in [0.05, 0.1) is 10.6 Å². The Morgan fingerprint density at radius 1 is 0.756 bits per heavy atom. The van der Waals surface area contributed by atoms with E-state index in [1.165, 1.54) is 36.5 Å². The highest BCUT2D eigenvalue weighted by Gasteiger charge is 2.32. The SMILES string of the molecule is O=C(Nc1ccc[n+]([O-])c1)c1cc(Cl)c(Oc2ccc(OC(F)(F)F)cc2)cc1Oc1ccc(OC(F)(F)F)cc1. The van der Waals surface area contributed by atoms with E-state index >= 15 is 0 Å². The minimum absolute atomic E-state index is 0.00684. The van der Waals surface area contributed by atoms with E-state index in [9.17, 15) is 36.3 Å². The number of anilines is 1. The molecular formula is C26H15ClF6N2O6. The Bertz CT molecular complexity index is 1530. The van der Waals surface area contributed by atoms with Crippen LogP contribution in [0.15, 0.2) is 85.2 Å². The van der Waals surface area contributed by atoms with Crippen LogP contribution in [-0.2, 0) is 0 Å². The summed E-state index contributed by atoms with van der Waals surface area (Å²) in [7, 11) is 0. The van der Waals surface area contributed by atoms with Gasteiger partial charge < -0.3 is 29.5 Å². The van der Waals surface area contributed by atoms with Crippen molar-refractivity contribution in [3.63, 3.8) is 0 Å². The number of amides is 1. The van der Waals surface area contributed by atoms with E-state index in [0.29, 0.717) is 4.73 Å². The number of halogens is 7. The van der Waals surface area contributed by atoms with Gasteiger partial charge in [-0.25, -0.2) is 0 Å². The van der Waals surface area contributed by atoms with Gasteiger partial charge in [-0.3, -0.25) is 4.79 Å². The summed E-state index contributed by atoms with van der Waals surface area (Å²) in [6.45, 7) is 0. The molecule has 1 heterocycles. The van der Waals surface area contributed by atoms with Crippen LogP contribution in [0.25, 0.3) is 0 Å². The molecule has 0 saturated heterocycles. The number of hydrogen-bond acceptors (Lipinski definition) is 6. The molecular weight excluding hydrogens is 586 g/mol. The number of nitrogens with one attached hydrogen (secondary N) is 1. The second-order valence-corrected chi connectivity index (χ2v) is 8.34. The van der Waals surface area contributed by atoms with Crippen molar-refractivity contribution in [3.05, 3.63) is 101 Å². The molecule has 0 aliphatic carbocycles. The first-order valence-corrected chi connectivity index (χ1v) is 11.5. The van der Waals surface area contributed by atoms with E-state index < -0.39 is 30.1 Å². The first kappa shape index (κ1) is 29.1. The minimum atomic E-state index is -4.91. The lowest BCUT2D eigenvalue weighted by atomic mass is 10.1. The van der Waals surface area contributed by atoms with Gasteiger partial charge in [0.1, 0.15) is 40.2 Å². The zero-order chi connectivity index (χ0) is 29.8. The lowest BCUT2D eigenvalue weighted by molar-refractivity contribution is -0.604. The second kappa shape index (κ2) is 11.7. The van der Waals surface area contributed by atoms with E-state index in [0.717, 1.165) is 48.7 Å². The zero-order valence-electron chi connectivity index (χ0n) is 20.1. The van der Waals surface area contributed by atoms with Gasteiger partial charge >= 0.3 is 12.7 Å². The topological polar surface area (TPSA) is 93.0 Å². The highest BCUT2D eigenvalue weighted by Crippen LogP contribution is 2.39. The summed E-state index contributed by atoms with van der Waals surface area (Å²) in [4.78, 5) is 13.1. The third-order valence-corrected chi connectivity index (χ3v) is 5.18. The smallest absolute Gasteiger partial charge is 0.573 e. The second-order valence-electron chi connectivity index (χ2n) is 7.93. The van der Waals surface area contributed by atoms with Gasteiger partial charge in [-0.05, 0) is 60.7 Å². The van der Waals surface area contributed by atoms with Gasteiger partial charge in [-0.1, -0.05) is 11.6 Å². The number of nitrogens with zero attached hydrogens (tertiary/aromatic N) is 1. The van der Waals surface area contributed by atoms with Gasteiger partial charge in [0.15, 0.2) is 6.20 Å². The number of ether oxygens (including phenoxy) is 4. The fourth-order valence-electron chi connectivity index (χ4n) is 3.27. The Balaban J connectivity index is 1.64. The molecule has 0 aliphatic rings. The normalized spacial score (nSPS) is 11.5. The predicted molar refractivity (Wildman–Crippen MR) is 131 cm³/mol. The molecule has 1 aromatic heterocycles. The van der Waals surface area contributed by atoms with Gasteiger partial charge in [-0.15, -0.1) is 26.3 Å². The number of alkyl halides is 6. The number of pyridine rings is 1. The number of aromatic nitrogens is 1. The van der Waals surface area contributed by atoms with Crippen LogP contribution in [0.3, 0.4) is 0 Å². The van der Waals surface area contributed by atoms with Crippen LogP contribution in [0.4, 0.5) is 32.0 Å². The number of hydrogen-bond donors (Lipinski definition) is 1. The largest absolute Gasteiger partial charge is 0.619 e. The number of carbonyl (C=O) groups is 1. The van der Waals surface area contributed by atoms with E-state index in [-0.39, 0.29) is 39.3 Å². The van der Waals surface area contributed by atoms with E-state index in [2.05, 4.69) is 14.8 Å². The molecule has 214 valence electrons. The Hall–Kier alpha value is -4.85. The van der Waals surface area contributed by atoms with Crippen molar-refractivity contribution in [1.82, 2.24) is 0 Å². The number of rotatable bonds is 8. The van der Waals surface area contributed by atoms with Gasteiger partial charge in [0.25, 0.3) is 5.91 Å². The molecule has 3 aromatic carbocycles. The van der Waals surface area contributed by atoms with Crippen molar-refractivity contribution in [2.75, 3.05) is 5.32 Å². The fourth-order valence-corrected chi connectivity index (χ4v) is 3.48. The van der Waals surface area contributed by atoms with Crippen molar-refractivity contribution >= 4 is 23.2 Å². The summed E-state index contributed by atoms with van der Waals surface area (Å²) in [6, 6.07) is 13.8. The molecule has 0 spiro atoms. The summed E-state index contributed by atoms with van der Waals surface area (Å²) in [5.74, 6) is -2.01. The summed E-state index contributed by atoms with van der Waals surface area (Å²) >= 11 is 6.32. The van der Waals surface area contributed by atoms with Gasteiger partial charge in [0.2, 0.25) is 6.20 Å². The van der Waals surface area contributed by atoms with Crippen LogP contribution < -0.4 is 29.0 Å². The molecule has 0 saturated carbocycles. The molecule has 0 radical (unpaired) electrons. The third-order valence-electron chi connectivity index (χ3n) is 4.88. The maximum Gasteiger partial charge on any atom is 0.573 e. The van der Waals surface area contributed by atoms with E-state index in [1.807, 2.05) is 0 Å². The van der Waals surface area contributed by atoms with Crippen molar-refractivity contribution in [2.24, 2.45) is 0 Å². The van der Waals surface area contributed by atoms with Crippen LogP contribution in [0.2, 0.25) is 5.02 Å². The van der Waals surface area contributed by atoms with Crippen molar-refractivity contribution < 1.29 is 54.8 Å². The van der Waals surface area contributed by atoms with E-state index in [1.54, 1.807) is 0 Å². The summed E-state index contributed by atoms with van der Waals surface area (Å²) < 4.78 is 94.2. The first-order chi connectivity index (χ1) is 19.2. The lowest BCUT2D eigenvalue weighted by Gasteiger charge is -2.16. The maximum absolute atomic E-state index is 13.1. The standard InChI is InChI=1S/C26H15ClF6N2O6/c27-21-12-20(24(36)34-15-2-1-11-35(37)14-15)22(38-16-3-7-18(8-4-16)40-25(28,29)30)13-23(21)39-17-5-9-19(10-6-17)41-26(31,32)33/h1-14H,(H,34,36). The van der Waals surface area contributed by atoms with Crippen molar-refractivity contribution in [1.29, 1.82) is 0 Å². The summed E-state index contributed by atoms with van der Waals surface area (Å²) in [5, 5.41) is 13.9. The average Bonchev–Trinajstić information content (AvgIpc) is 2.86. The molecule has 0 unspecified atom stereocenters. The molecule has 1 amide bonds. The molecule has 1 N–H and O–H groups in total.